The summed E-state index contributed by atoms with van der Waals surface area (Å²) in [5.41, 5.74) is 4.52. The van der Waals surface area contributed by atoms with Gasteiger partial charge in [-0.15, -0.1) is 0 Å². The molecule has 0 aliphatic carbocycles. The number of benzene rings is 2. The van der Waals surface area contributed by atoms with Crippen molar-refractivity contribution in [2.24, 2.45) is 10.1 Å². The molecule has 126 valence electrons. The van der Waals surface area contributed by atoms with E-state index in [0.29, 0.717) is 10.9 Å². The molecule has 0 saturated carbocycles. The van der Waals surface area contributed by atoms with Crippen molar-refractivity contribution < 1.29 is 4.79 Å². The minimum atomic E-state index is -0.0880. The Morgan fingerprint density at radius 1 is 1.12 bits per heavy atom. The Balaban J connectivity index is 1.71. The van der Waals surface area contributed by atoms with Crippen molar-refractivity contribution >= 4 is 44.5 Å². The fourth-order valence-corrected chi connectivity index (χ4v) is 4.01. The Morgan fingerprint density at radius 2 is 1.84 bits per heavy atom. The second kappa shape index (κ2) is 6.77. The van der Waals surface area contributed by atoms with E-state index in [1.54, 1.807) is 0 Å². The number of aliphatic imine (C=N–C) groups is 1. The molecule has 0 aromatic heterocycles. The predicted octanol–water partition coefficient (Wildman–Crippen LogP) is 4.54. The van der Waals surface area contributed by atoms with E-state index >= 15 is 0 Å². The molecule has 0 bridgehead atoms. The van der Waals surface area contributed by atoms with Crippen LogP contribution in [-0.4, -0.2) is 27.5 Å². The summed E-state index contributed by atoms with van der Waals surface area (Å²) in [4.78, 5) is 15.8. The minimum Gasteiger partial charge on any atom is -0.272 e. The summed E-state index contributed by atoms with van der Waals surface area (Å²) in [5, 5.41) is 7.43. The molecule has 1 amide bonds. The van der Waals surface area contributed by atoms with Crippen LogP contribution in [0.15, 0.2) is 63.1 Å². The van der Waals surface area contributed by atoms with Crippen molar-refractivity contribution in [3.8, 4) is 0 Å². The van der Waals surface area contributed by atoms with Gasteiger partial charge in [0, 0.05) is 10.9 Å². The van der Waals surface area contributed by atoms with Gasteiger partial charge in [0.05, 0.1) is 17.5 Å². The van der Waals surface area contributed by atoms with Crippen molar-refractivity contribution in [1.29, 1.82) is 0 Å². The molecule has 2 aromatic rings. The summed E-state index contributed by atoms with van der Waals surface area (Å²) < 4.78 is 1.04. The first kappa shape index (κ1) is 16.5. The molecule has 2 aliphatic heterocycles. The number of hydrogen-bond acceptors (Lipinski definition) is 4. The van der Waals surface area contributed by atoms with E-state index in [0.717, 1.165) is 22.2 Å². The molecule has 2 aliphatic rings. The molecule has 25 heavy (non-hydrogen) atoms. The number of aryl methyl sites for hydroxylation is 1. The number of nitrogens with zero attached hydrogens (tertiary/aromatic N) is 3. The van der Waals surface area contributed by atoms with Crippen LogP contribution in [0.25, 0.3) is 0 Å². The first-order valence-electron chi connectivity index (χ1n) is 8.04. The van der Waals surface area contributed by atoms with E-state index in [-0.39, 0.29) is 11.9 Å². The Labute approximate surface area is 159 Å². The highest BCUT2D eigenvalue weighted by molar-refractivity contribution is 9.10. The predicted molar refractivity (Wildman–Crippen MR) is 106 cm³/mol. The Bertz CT molecular complexity index is 875. The third kappa shape index (κ3) is 3.41. The molecule has 4 rings (SSSR count). The third-order valence-corrected chi connectivity index (χ3v) is 5.75. The number of amides is 1. The molecule has 2 heterocycles. The summed E-state index contributed by atoms with van der Waals surface area (Å²) in [7, 11) is 0. The maximum Gasteiger partial charge on any atom is 0.258 e. The Hall–Kier alpha value is -1.92. The molecular weight excluding hydrogens is 398 g/mol. The monoisotopic (exact) mass is 413 g/mol. The molecule has 1 unspecified atom stereocenters. The maximum absolute atomic E-state index is 11.6. The van der Waals surface area contributed by atoms with Crippen molar-refractivity contribution in [2.45, 2.75) is 19.4 Å². The molecule has 0 spiro atoms. The fourth-order valence-electron chi connectivity index (χ4n) is 2.97. The van der Waals surface area contributed by atoms with Crippen LogP contribution in [0.1, 0.15) is 29.2 Å². The zero-order valence-corrected chi connectivity index (χ0v) is 16.0. The second-order valence-corrected chi connectivity index (χ2v) is 7.96. The van der Waals surface area contributed by atoms with Gasteiger partial charge in [-0.2, -0.15) is 10.1 Å². The molecule has 6 heteroatoms. The summed E-state index contributed by atoms with van der Waals surface area (Å²) in [5.74, 6) is 0.310. The van der Waals surface area contributed by atoms with E-state index < -0.39 is 0 Å². The topological polar surface area (TPSA) is 45.0 Å². The van der Waals surface area contributed by atoms with Crippen LogP contribution >= 0.6 is 27.7 Å². The van der Waals surface area contributed by atoms with Gasteiger partial charge in [0.25, 0.3) is 5.91 Å². The van der Waals surface area contributed by atoms with Crippen molar-refractivity contribution in [2.75, 3.05) is 5.75 Å². The van der Waals surface area contributed by atoms with Gasteiger partial charge in [0.2, 0.25) is 0 Å². The average molecular weight is 414 g/mol. The lowest BCUT2D eigenvalue weighted by Crippen LogP contribution is -2.23. The maximum atomic E-state index is 11.6. The van der Waals surface area contributed by atoms with Gasteiger partial charge in [-0.1, -0.05) is 69.7 Å². The summed E-state index contributed by atoms with van der Waals surface area (Å²) >= 11 is 4.93. The van der Waals surface area contributed by atoms with Crippen LogP contribution in [0, 0.1) is 6.92 Å². The zero-order valence-electron chi connectivity index (χ0n) is 13.6. The van der Waals surface area contributed by atoms with Gasteiger partial charge >= 0.3 is 0 Å². The van der Waals surface area contributed by atoms with E-state index in [9.17, 15) is 4.79 Å². The quantitative estimate of drug-likeness (QED) is 0.725. The smallest absolute Gasteiger partial charge is 0.258 e. The first-order chi connectivity index (χ1) is 12.1. The highest BCUT2D eigenvalue weighted by Crippen LogP contribution is 2.36. The Morgan fingerprint density at radius 3 is 2.48 bits per heavy atom. The molecule has 1 atom stereocenters. The van der Waals surface area contributed by atoms with Gasteiger partial charge < -0.3 is 0 Å². The van der Waals surface area contributed by atoms with E-state index in [1.807, 2.05) is 17.1 Å². The molecule has 2 aromatic carbocycles. The van der Waals surface area contributed by atoms with Gasteiger partial charge in [-0.05, 0) is 30.2 Å². The SMILES string of the molecule is Cc1ccc(C2CC(c3ccc(Br)cc3)=NN2C2=NC(=O)CS2)cc1. The molecule has 0 fully saturated rings. The highest BCUT2D eigenvalue weighted by atomic mass is 79.9. The van der Waals surface area contributed by atoms with Gasteiger partial charge in [0.15, 0.2) is 5.17 Å². The second-order valence-electron chi connectivity index (χ2n) is 6.11. The number of carbonyl (C=O) groups is 1. The molecule has 4 nitrogen and oxygen atoms in total. The minimum absolute atomic E-state index is 0.0661. The lowest BCUT2D eigenvalue weighted by atomic mass is 9.98. The van der Waals surface area contributed by atoms with Gasteiger partial charge in [0.1, 0.15) is 0 Å². The largest absolute Gasteiger partial charge is 0.272 e. The number of hydrogen-bond donors (Lipinski definition) is 0. The van der Waals surface area contributed by atoms with Crippen molar-refractivity contribution in [1.82, 2.24) is 5.01 Å². The van der Waals surface area contributed by atoms with Crippen LogP contribution in [0.4, 0.5) is 0 Å². The van der Waals surface area contributed by atoms with E-state index in [2.05, 4.69) is 64.2 Å². The normalized spacial score (nSPS) is 20.0. The van der Waals surface area contributed by atoms with E-state index in [4.69, 9.17) is 5.10 Å². The molecule has 0 radical (unpaired) electrons. The van der Waals surface area contributed by atoms with Crippen molar-refractivity contribution in [3.05, 3.63) is 69.7 Å². The number of carbonyl (C=O) groups excluding carboxylic acids is 1. The number of halogens is 1. The fraction of sp³-hybridized carbons (Fsp3) is 0.211. The molecule has 0 saturated heterocycles. The summed E-state index contributed by atoms with van der Waals surface area (Å²) in [6.07, 6.45) is 0.790. The Kier molecular flexibility index (Phi) is 4.48. The highest BCUT2D eigenvalue weighted by Gasteiger charge is 2.34. The zero-order chi connectivity index (χ0) is 17.4. The van der Waals surface area contributed by atoms with Crippen LogP contribution < -0.4 is 0 Å². The summed E-state index contributed by atoms with van der Waals surface area (Å²) in [6.45, 7) is 2.08. The standard InChI is InChI=1S/C19H16BrN3OS/c1-12-2-4-14(5-3-12)17-10-16(13-6-8-15(20)9-7-13)22-23(17)19-21-18(24)11-25-19/h2-9,17H,10-11H2,1H3. The van der Waals surface area contributed by atoms with Crippen LogP contribution in [0.2, 0.25) is 0 Å². The first-order valence-corrected chi connectivity index (χ1v) is 9.81. The number of thioether (sulfide) groups is 1. The lowest BCUT2D eigenvalue weighted by molar-refractivity contribution is -0.115. The van der Waals surface area contributed by atoms with Crippen LogP contribution in [0.5, 0.6) is 0 Å². The molecule has 0 N–H and O–H groups in total. The van der Waals surface area contributed by atoms with Crippen LogP contribution in [0.3, 0.4) is 0 Å². The lowest BCUT2D eigenvalue weighted by Gasteiger charge is -2.22. The number of rotatable bonds is 2. The van der Waals surface area contributed by atoms with Crippen molar-refractivity contribution in [3.63, 3.8) is 0 Å². The third-order valence-electron chi connectivity index (χ3n) is 4.29. The number of hydrazone groups is 1. The molecular formula is C19H16BrN3OS. The van der Waals surface area contributed by atoms with Crippen LogP contribution in [-0.2, 0) is 4.79 Å². The summed E-state index contributed by atoms with van der Waals surface area (Å²) in [6, 6.07) is 16.7. The number of amidine groups is 1. The average Bonchev–Trinajstić information content (AvgIpc) is 3.23. The van der Waals surface area contributed by atoms with Gasteiger partial charge in [-0.3, -0.25) is 4.79 Å². The van der Waals surface area contributed by atoms with E-state index in [1.165, 1.54) is 22.9 Å². The van der Waals surface area contributed by atoms with Gasteiger partial charge in [-0.25, -0.2) is 5.01 Å².